The molecule has 3 rings (SSSR count). The molecule has 1 saturated carbocycles. The van der Waals surface area contributed by atoms with Crippen molar-refractivity contribution in [2.45, 2.75) is 33.7 Å². The van der Waals surface area contributed by atoms with Crippen molar-refractivity contribution in [2.24, 2.45) is 10.8 Å². The van der Waals surface area contributed by atoms with Crippen molar-refractivity contribution in [1.29, 1.82) is 0 Å². The van der Waals surface area contributed by atoms with E-state index < -0.39 is 0 Å². The van der Waals surface area contributed by atoms with Crippen LogP contribution in [0.15, 0.2) is 0 Å². The molecule has 1 aliphatic carbocycles. The van der Waals surface area contributed by atoms with Crippen LogP contribution in [0.25, 0.3) is 0 Å². The van der Waals surface area contributed by atoms with Gasteiger partial charge in [0.25, 0.3) is 0 Å². The standard InChI is InChI=1S/C14H22ClN5O/c1-13(2)9(14(13,3)4)16-11-17-10(15)18-12(19-11)20-5-7-21-8-6-20/h9H,5-8H2,1-4H3,(H,16,17,18,19). The van der Waals surface area contributed by atoms with Crippen LogP contribution in [0.2, 0.25) is 5.28 Å². The fraction of sp³-hybridized carbons (Fsp3) is 0.786. The summed E-state index contributed by atoms with van der Waals surface area (Å²) in [5.74, 6) is 1.18. The number of hydrogen-bond donors (Lipinski definition) is 1. The van der Waals surface area contributed by atoms with Crippen LogP contribution in [0.5, 0.6) is 0 Å². The topological polar surface area (TPSA) is 63.2 Å². The zero-order valence-corrected chi connectivity index (χ0v) is 13.7. The summed E-state index contributed by atoms with van der Waals surface area (Å²) < 4.78 is 5.35. The van der Waals surface area contributed by atoms with Gasteiger partial charge in [0.15, 0.2) is 0 Å². The Hall–Kier alpha value is -1.14. The van der Waals surface area contributed by atoms with E-state index in [-0.39, 0.29) is 16.1 Å². The average molecular weight is 312 g/mol. The third-order valence-electron chi connectivity index (χ3n) is 5.18. The highest BCUT2D eigenvalue weighted by Crippen LogP contribution is 2.63. The normalized spacial score (nSPS) is 24.0. The van der Waals surface area contributed by atoms with Gasteiger partial charge in [-0.1, -0.05) is 27.7 Å². The number of anilines is 2. The van der Waals surface area contributed by atoms with Crippen molar-refractivity contribution in [3.63, 3.8) is 0 Å². The van der Waals surface area contributed by atoms with Crippen molar-refractivity contribution >= 4 is 23.5 Å². The molecule has 2 aliphatic rings. The first kappa shape index (κ1) is 14.8. The maximum Gasteiger partial charge on any atom is 0.231 e. The van der Waals surface area contributed by atoms with Gasteiger partial charge >= 0.3 is 0 Å². The first-order chi connectivity index (χ1) is 9.82. The van der Waals surface area contributed by atoms with Crippen LogP contribution in [0.4, 0.5) is 11.9 Å². The second-order valence-corrected chi connectivity index (χ2v) is 7.19. The van der Waals surface area contributed by atoms with Crippen LogP contribution >= 0.6 is 11.6 Å². The summed E-state index contributed by atoms with van der Waals surface area (Å²) in [6.45, 7) is 11.9. The van der Waals surface area contributed by atoms with Gasteiger partial charge in [0.2, 0.25) is 17.2 Å². The molecule has 1 aliphatic heterocycles. The lowest BCUT2D eigenvalue weighted by Crippen LogP contribution is -2.37. The number of aromatic nitrogens is 3. The first-order valence-corrected chi connectivity index (χ1v) is 7.71. The lowest BCUT2D eigenvalue weighted by atomic mass is 10.0. The number of nitrogens with one attached hydrogen (secondary N) is 1. The summed E-state index contributed by atoms with van der Waals surface area (Å²) in [4.78, 5) is 15.0. The van der Waals surface area contributed by atoms with Gasteiger partial charge < -0.3 is 15.0 Å². The second kappa shape index (κ2) is 4.95. The van der Waals surface area contributed by atoms with Gasteiger partial charge in [-0.2, -0.15) is 15.0 Å². The number of halogens is 1. The fourth-order valence-electron chi connectivity index (χ4n) is 3.00. The highest BCUT2D eigenvalue weighted by Gasteiger charge is 2.65. The van der Waals surface area contributed by atoms with Gasteiger partial charge in [-0.15, -0.1) is 0 Å². The highest BCUT2D eigenvalue weighted by molar-refractivity contribution is 6.28. The Morgan fingerprint density at radius 1 is 1.10 bits per heavy atom. The molecule has 0 atom stereocenters. The van der Waals surface area contributed by atoms with Crippen molar-refractivity contribution in [3.8, 4) is 0 Å². The van der Waals surface area contributed by atoms with Gasteiger partial charge in [0, 0.05) is 19.1 Å². The van der Waals surface area contributed by atoms with Crippen LogP contribution in [-0.4, -0.2) is 47.3 Å². The Bertz CT molecular complexity index is 528. The molecule has 1 aromatic rings. The molecule has 0 radical (unpaired) electrons. The van der Waals surface area contributed by atoms with Gasteiger partial charge in [-0.05, 0) is 22.4 Å². The lowest BCUT2D eigenvalue weighted by Gasteiger charge is -2.26. The Morgan fingerprint density at radius 3 is 2.29 bits per heavy atom. The quantitative estimate of drug-likeness (QED) is 0.923. The molecule has 1 saturated heterocycles. The predicted octanol–water partition coefficient (Wildman–Crippen LogP) is 2.21. The zero-order valence-electron chi connectivity index (χ0n) is 13.0. The van der Waals surface area contributed by atoms with E-state index in [0.29, 0.717) is 31.2 Å². The lowest BCUT2D eigenvalue weighted by molar-refractivity contribution is 0.122. The van der Waals surface area contributed by atoms with Crippen molar-refractivity contribution < 1.29 is 4.74 Å². The molecule has 1 aromatic heterocycles. The summed E-state index contributed by atoms with van der Waals surface area (Å²) in [6, 6.07) is 0.334. The summed E-state index contributed by atoms with van der Waals surface area (Å²) in [6.07, 6.45) is 0. The molecular formula is C14H22ClN5O. The predicted molar refractivity (Wildman–Crippen MR) is 82.8 cm³/mol. The molecule has 0 unspecified atom stereocenters. The molecule has 0 aromatic carbocycles. The van der Waals surface area contributed by atoms with Crippen molar-refractivity contribution in [3.05, 3.63) is 5.28 Å². The Kier molecular flexibility index (Phi) is 3.48. The van der Waals surface area contributed by atoms with Crippen molar-refractivity contribution in [2.75, 3.05) is 36.5 Å². The summed E-state index contributed by atoms with van der Waals surface area (Å²) >= 11 is 6.06. The molecule has 2 fully saturated rings. The summed E-state index contributed by atoms with van der Waals surface area (Å²) in [5.41, 5.74) is 0.427. The highest BCUT2D eigenvalue weighted by atomic mass is 35.5. The van der Waals surface area contributed by atoms with Crippen molar-refractivity contribution in [1.82, 2.24) is 15.0 Å². The van der Waals surface area contributed by atoms with E-state index in [2.05, 4.69) is 52.9 Å². The molecule has 7 heteroatoms. The minimum atomic E-state index is 0.214. The minimum absolute atomic E-state index is 0.214. The van der Waals surface area contributed by atoms with Crippen LogP contribution in [0.3, 0.4) is 0 Å². The zero-order chi connectivity index (χ0) is 15.3. The second-order valence-electron chi connectivity index (χ2n) is 6.85. The molecule has 6 nitrogen and oxygen atoms in total. The van der Waals surface area contributed by atoms with Gasteiger partial charge in [-0.3, -0.25) is 0 Å². The van der Waals surface area contributed by atoms with Crippen LogP contribution in [0, 0.1) is 10.8 Å². The van der Waals surface area contributed by atoms with E-state index in [1.54, 1.807) is 0 Å². The molecule has 0 spiro atoms. The number of nitrogens with zero attached hydrogens (tertiary/aromatic N) is 4. The number of hydrogen-bond acceptors (Lipinski definition) is 6. The third kappa shape index (κ3) is 2.55. The largest absolute Gasteiger partial charge is 0.378 e. The molecule has 0 bridgehead atoms. The van der Waals surface area contributed by atoms with E-state index >= 15 is 0 Å². The molecule has 0 amide bonds. The van der Waals surface area contributed by atoms with Gasteiger partial charge in [-0.25, -0.2) is 0 Å². The third-order valence-corrected chi connectivity index (χ3v) is 5.35. The fourth-order valence-corrected chi connectivity index (χ4v) is 3.15. The summed E-state index contributed by atoms with van der Waals surface area (Å²) in [7, 11) is 0. The Morgan fingerprint density at radius 2 is 1.71 bits per heavy atom. The van der Waals surface area contributed by atoms with E-state index in [1.807, 2.05) is 0 Å². The van der Waals surface area contributed by atoms with Crippen LogP contribution in [0.1, 0.15) is 27.7 Å². The number of morpholine rings is 1. The number of rotatable bonds is 3. The molecular weight excluding hydrogens is 290 g/mol. The molecule has 1 N–H and O–H groups in total. The maximum atomic E-state index is 6.06. The molecule has 116 valence electrons. The smallest absolute Gasteiger partial charge is 0.231 e. The van der Waals surface area contributed by atoms with E-state index in [4.69, 9.17) is 16.3 Å². The van der Waals surface area contributed by atoms with Gasteiger partial charge in [0.1, 0.15) is 0 Å². The number of ether oxygens (including phenoxy) is 1. The monoisotopic (exact) mass is 311 g/mol. The van der Waals surface area contributed by atoms with Gasteiger partial charge in [0.05, 0.1) is 13.2 Å². The SMILES string of the molecule is CC1(C)C(Nc2nc(Cl)nc(N3CCOCC3)n2)C1(C)C. The molecule has 2 heterocycles. The van der Waals surface area contributed by atoms with E-state index in [9.17, 15) is 0 Å². The molecule has 21 heavy (non-hydrogen) atoms. The van der Waals surface area contributed by atoms with E-state index in [0.717, 1.165) is 13.1 Å². The minimum Gasteiger partial charge on any atom is -0.378 e. The maximum absolute atomic E-state index is 6.06. The van der Waals surface area contributed by atoms with E-state index in [1.165, 1.54) is 0 Å². The Labute approximate surface area is 130 Å². The first-order valence-electron chi connectivity index (χ1n) is 7.33. The van der Waals surface area contributed by atoms with Crippen LogP contribution < -0.4 is 10.2 Å². The summed E-state index contributed by atoms with van der Waals surface area (Å²) in [5, 5.41) is 3.64. The van der Waals surface area contributed by atoms with Crippen LogP contribution in [-0.2, 0) is 4.74 Å². The Balaban J connectivity index is 1.79. The average Bonchev–Trinajstić information content (AvgIpc) is 2.82.